The Labute approximate surface area is 769 Å². The fourth-order valence-electron chi connectivity index (χ4n) is 20.8. The van der Waals surface area contributed by atoms with Crippen LogP contribution < -0.4 is 0 Å². The first kappa shape index (κ1) is 106. The third-order valence-corrected chi connectivity index (χ3v) is 32.4. The Morgan fingerprint density at radius 1 is 0.341 bits per heavy atom. The zero-order valence-electron chi connectivity index (χ0n) is 82.7. The van der Waals surface area contributed by atoms with E-state index in [-0.39, 0.29) is 101 Å². The molecule has 726 valence electrons. The summed E-state index contributed by atoms with van der Waals surface area (Å²) in [6.45, 7) is 45.7. The molecular formula is C105H162O24. The van der Waals surface area contributed by atoms with E-state index in [0.717, 1.165) is 140 Å². The average Bonchev–Trinajstić information content (AvgIpc) is 1.71. The lowest BCUT2D eigenvalue weighted by molar-refractivity contribution is -0.226. The van der Waals surface area contributed by atoms with Crippen molar-refractivity contribution < 1.29 is 116 Å². The first-order valence-corrected chi connectivity index (χ1v) is 49.0. The van der Waals surface area contributed by atoms with Crippen LogP contribution in [0.15, 0.2) is 60.7 Å². The molecule has 24 nitrogen and oxygen atoms in total. The molecule has 18 rings (SSSR count). The van der Waals surface area contributed by atoms with E-state index in [1.165, 1.54) is 19.3 Å². The van der Waals surface area contributed by atoms with Crippen molar-refractivity contribution >= 4 is 59.7 Å². The van der Waals surface area contributed by atoms with E-state index in [0.29, 0.717) is 75.0 Å². The summed E-state index contributed by atoms with van der Waals surface area (Å²) in [4.78, 5) is 117. The lowest BCUT2D eigenvalue weighted by Crippen LogP contribution is -2.61. The molecule has 6 aliphatic heterocycles. The molecule has 14 unspecified atom stereocenters. The molecule has 16 fully saturated rings. The molecule has 4 N–H and O–H groups in total. The molecule has 10 aliphatic carbocycles. The average molecular weight is 1810 g/mol. The largest absolute Gasteiger partial charge is 0.481 e. The maximum absolute atomic E-state index is 12.5. The second-order valence-corrected chi connectivity index (χ2v) is 45.8. The molecule has 24 heteroatoms. The number of carbonyl (C=O) groups is 10. The number of aliphatic hydroxyl groups is 2. The summed E-state index contributed by atoms with van der Waals surface area (Å²) in [6, 6.07) is 20.5. The number of carbonyl (C=O) groups excluding carboxylic acids is 8. The van der Waals surface area contributed by atoms with E-state index in [2.05, 4.69) is 24.3 Å². The molecule has 2 aromatic rings. The third-order valence-electron chi connectivity index (χ3n) is 32.4. The van der Waals surface area contributed by atoms with Gasteiger partial charge in [-0.3, -0.25) is 47.9 Å². The van der Waals surface area contributed by atoms with Gasteiger partial charge in [-0.15, -0.1) is 0 Å². The number of carboxylic acids is 2. The Kier molecular flexibility index (Phi) is 33.6. The number of carboxylic acid groups (broad SMARTS) is 2. The standard InChI is InChI=1S/C18H26O2.C17H24O2.2C16H26O3.2C13H18O5.2C6H12O2/c1-4-17(2,3)16(19)20-18(13-9-6-10-14-18)15-11-7-5-8-12-15;1-4-16(2,3)15(18)19-17(12-8-9-13-17)14-10-6-5-7-11-14;2*1-4-14(2,3)13(17)19-16-8-11-5-12(9-16)7-15(18,6-11)10-16;2*1-4-13(2,3)12(15)18-9-7-5-6-8(16-7)10(9)17-11(6)14;2*1-4-6(2,3)5(7)8/h5,7-8,11-12H,4,6,9-10,13-14H2,1-3H3;5-7,10-11H,4,8-9,12-13H2,1-3H3;2*11-12,18H,4-10H2,1-3H3;2*6-10H,4-5H2,1-3H3;2*4H2,1-3H3,(H,7,8). The Morgan fingerprint density at radius 2 is 0.597 bits per heavy atom. The van der Waals surface area contributed by atoms with Gasteiger partial charge < -0.3 is 67.8 Å². The van der Waals surface area contributed by atoms with Crippen LogP contribution >= 0.6 is 0 Å². The van der Waals surface area contributed by atoms with Gasteiger partial charge in [0, 0.05) is 12.8 Å². The molecular weight excluding hydrogens is 1650 g/mol. The number of ether oxygens (including phenoxy) is 10. The van der Waals surface area contributed by atoms with Crippen molar-refractivity contribution in [2.45, 2.75) is 448 Å². The Bertz CT molecular complexity index is 3990. The molecule has 2 aromatic carbocycles. The minimum absolute atomic E-state index is 0.0641. The van der Waals surface area contributed by atoms with Crippen LogP contribution in [0, 0.1) is 78.8 Å². The molecule has 10 saturated carbocycles. The van der Waals surface area contributed by atoms with Crippen molar-refractivity contribution in [3.05, 3.63) is 71.8 Å². The molecule has 0 aromatic heterocycles. The van der Waals surface area contributed by atoms with Gasteiger partial charge in [0.25, 0.3) is 0 Å². The summed E-state index contributed by atoms with van der Waals surface area (Å²) < 4.78 is 57.0. The first-order valence-electron chi connectivity index (χ1n) is 49.0. The van der Waals surface area contributed by atoms with Crippen LogP contribution in [0.5, 0.6) is 0 Å². The number of benzene rings is 2. The van der Waals surface area contributed by atoms with Gasteiger partial charge in [-0.1, -0.05) is 122 Å². The third kappa shape index (κ3) is 24.6. The molecule has 0 radical (unpaired) electrons. The van der Waals surface area contributed by atoms with Gasteiger partial charge in [-0.05, 0) is 325 Å². The van der Waals surface area contributed by atoms with Crippen molar-refractivity contribution in [3.8, 4) is 0 Å². The van der Waals surface area contributed by atoms with Crippen LogP contribution in [0.3, 0.4) is 0 Å². The number of esters is 8. The van der Waals surface area contributed by atoms with Crippen molar-refractivity contribution in [2.75, 3.05) is 0 Å². The van der Waals surface area contributed by atoms with E-state index in [1.807, 2.05) is 175 Å². The molecule has 14 atom stereocenters. The predicted molar refractivity (Wildman–Crippen MR) is 488 cm³/mol. The van der Waals surface area contributed by atoms with Crippen LogP contribution in [0.2, 0.25) is 0 Å². The zero-order chi connectivity index (χ0) is 96.1. The topological polar surface area (TPSA) is 344 Å². The van der Waals surface area contributed by atoms with Gasteiger partial charge in [-0.25, -0.2) is 0 Å². The van der Waals surface area contributed by atoms with E-state index in [4.69, 9.17) is 57.6 Å². The van der Waals surface area contributed by atoms with Gasteiger partial charge >= 0.3 is 59.7 Å². The number of aliphatic carboxylic acids is 2. The summed E-state index contributed by atoms with van der Waals surface area (Å²) >= 11 is 0. The van der Waals surface area contributed by atoms with Crippen LogP contribution in [0.25, 0.3) is 0 Å². The SMILES string of the molecule is CCC(C)(C)C(=O)O.CCC(C)(C)C(=O)O.CCC(C)(C)C(=O)OC1(c2ccccc2)CCCC1.CCC(C)(C)C(=O)OC1(c2ccccc2)CCCCC1.CCC(C)(C)C(=O)OC12CC3CC(CC(O)(C3)C1)C2.CCC(C)(C)C(=O)OC12CC3CC(CC(O)(C3)C1)C2.CCC(C)(C)C(=O)OC1C2CC3C(=O)OC1C3O2.CCC(C)(C)C(=O)OC1C2CC3C(=O)OC1C3O2. The van der Waals surface area contributed by atoms with E-state index in [9.17, 15) is 58.2 Å². The Morgan fingerprint density at radius 3 is 0.845 bits per heavy atom. The van der Waals surface area contributed by atoms with Crippen LogP contribution in [-0.4, -0.2) is 151 Å². The molecule has 16 aliphatic rings. The normalized spacial score (nSPS) is 31.5. The summed E-state index contributed by atoms with van der Waals surface area (Å²) in [5, 5.41) is 38.2. The van der Waals surface area contributed by atoms with Crippen molar-refractivity contribution in [1.29, 1.82) is 0 Å². The highest BCUT2D eigenvalue weighted by molar-refractivity contribution is 5.81. The van der Waals surface area contributed by atoms with Gasteiger partial charge in [-0.2, -0.15) is 0 Å². The second kappa shape index (κ2) is 41.0. The molecule has 0 spiro atoms. The van der Waals surface area contributed by atoms with Crippen molar-refractivity contribution in [1.82, 2.24) is 0 Å². The maximum Gasteiger partial charge on any atom is 0.312 e. The lowest BCUT2D eigenvalue weighted by Gasteiger charge is -2.59. The smallest absolute Gasteiger partial charge is 0.312 e. The quantitative estimate of drug-likeness (QED) is 0.0560. The van der Waals surface area contributed by atoms with E-state index < -0.39 is 96.5 Å². The number of hydrogen-bond acceptors (Lipinski definition) is 22. The minimum atomic E-state index is -0.722. The fourth-order valence-corrected chi connectivity index (χ4v) is 20.8. The highest BCUT2D eigenvalue weighted by Crippen LogP contribution is 2.62. The lowest BCUT2D eigenvalue weighted by atomic mass is 9.52. The summed E-state index contributed by atoms with van der Waals surface area (Å²) in [7, 11) is 0. The van der Waals surface area contributed by atoms with Crippen LogP contribution in [0.1, 0.15) is 376 Å². The van der Waals surface area contributed by atoms with Crippen molar-refractivity contribution in [3.63, 3.8) is 0 Å². The molecule has 12 bridgehead atoms. The Hall–Kier alpha value is -7.02. The van der Waals surface area contributed by atoms with Gasteiger partial charge in [0.05, 0.1) is 78.6 Å². The zero-order valence-corrected chi connectivity index (χ0v) is 82.7. The van der Waals surface area contributed by atoms with Gasteiger partial charge in [0.1, 0.15) is 34.6 Å². The van der Waals surface area contributed by atoms with Gasteiger partial charge in [0.15, 0.2) is 24.4 Å². The highest BCUT2D eigenvalue weighted by atomic mass is 16.7. The molecule has 129 heavy (non-hydrogen) atoms. The monoisotopic (exact) mass is 1810 g/mol. The van der Waals surface area contributed by atoms with E-state index in [1.54, 1.807) is 27.7 Å². The fraction of sp³-hybridized carbons (Fsp3) is 0.790. The second-order valence-electron chi connectivity index (χ2n) is 45.8. The summed E-state index contributed by atoms with van der Waals surface area (Å²) in [5.41, 5.74) is -4.04. The van der Waals surface area contributed by atoms with Crippen LogP contribution in [-0.2, 0) is 107 Å². The highest BCUT2D eigenvalue weighted by Gasteiger charge is 2.68. The first-order chi connectivity index (χ1) is 59.9. The minimum Gasteiger partial charge on any atom is -0.481 e. The van der Waals surface area contributed by atoms with Crippen LogP contribution in [0.4, 0.5) is 0 Å². The molecule has 6 saturated heterocycles. The van der Waals surface area contributed by atoms with E-state index >= 15 is 0 Å². The van der Waals surface area contributed by atoms with Gasteiger partial charge in [0.2, 0.25) is 0 Å². The molecule has 0 amide bonds. The number of fused-ring (bicyclic) bond motifs is 2. The predicted octanol–water partition coefficient (Wildman–Crippen LogP) is 20.5. The number of hydrogen-bond donors (Lipinski definition) is 4. The summed E-state index contributed by atoms with van der Waals surface area (Å²) in [6.07, 6.45) is 25.7. The molecule has 6 heterocycles. The number of rotatable bonds is 24. The summed E-state index contributed by atoms with van der Waals surface area (Å²) in [5.74, 6) is -0.700. The maximum atomic E-state index is 12.5. The van der Waals surface area contributed by atoms with Crippen molar-refractivity contribution in [2.24, 2.45) is 78.8 Å². The Balaban J connectivity index is 0.000000169.